The van der Waals surface area contributed by atoms with E-state index in [0.29, 0.717) is 5.56 Å². The third kappa shape index (κ3) is 4.01. The number of thiazole rings is 1. The number of benzene rings is 2. The smallest absolute Gasteiger partial charge is 0.298 e. The van der Waals surface area contributed by atoms with Crippen LogP contribution in [0.2, 0.25) is 0 Å². The number of hydrogen-bond acceptors (Lipinski definition) is 5. The second-order valence-corrected chi connectivity index (χ2v) is 6.66. The van der Waals surface area contributed by atoms with E-state index in [9.17, 15) is 28.1 Å². The van der Waals surface area contributed by atoms with Crippen LogP contribution in [-0.4, -0.2) is 15.8 Å². The molecule has 0 radical (unpaired) electrons. The van der Waals surface area contributed by atoms with Crippen molar-refractivity contribution in [3.8, 4) is 11.3 Å². The van der Waals surface area contributed by atoms with Gasteiger partial charge in [0.05, 0.1) is 16.2 Å². The van der Waals surface area contributed by atoms with Crippen molar-refractivity contribution in [1.82, 2.24) is 4.98 Å². The molecule has 0 aliphatic heterocycles. The molecule has 3 aromatic rings. The van der Waals surface area contributed by atoms with Crippen LogP contribution >= 0.6 is 11.3 Å². The Hall–Kier alpha value is -3.27. The summed E-state index contributed by atoms with van der Waals surface area (Å²) in [7, 11) is 0. The van der Waals surface area contributed by atoms with Crippen LogP contribution in [0, 0.1) is 17.0 Å². The molecular formula is C18H12F3N3O3S. The van der Waals surface area contributed by atoms with Crippen LogP contribution in [0.5, 0.6) is 0 Å². The average molecular weight is 407 g/mol. The monoisotopic (exact) mass is 407 g/mol. The molecule has 0 unspecified atom stereocenters. The minimum atomic E-state index is -4.48. The zero-order valence-electron chi connectivity index (χ0n) is 14.3. The van der Waals surface area contributed by atoms with Gasteiger partial charge in [0, 0.05) is 16.5 Å². The standard InChI is InChI=1S/C18H12F3N3O3S/c1-10-4-2-7-13(15(10)24(26)27)16(25)23-17-22-14(9-28-17)11-5-3-6-12(8-11)18(19,20)21/h2-9H,1H3,(H,22,23,25). The molecule has 3 rings (SSSR count). The second kappa shape index (κ2) is 7.39. The van der Waals surface area contributed by atoms with Gasteiger partial charge in [0.2, 0.25) is 0 Å². The van der Waals surface area contributed by atoms with Crippen molar-refractivity contribution in [2.75, 3.05) is 5.32 Å². The zero-order chi connectivity index (χ0) is 20.5. The molecule has 28 heavy (non-hydrogen) atoms. The van der Waals surface area contributed by atoms with E-state index < -0.39 is 22.6 Å². The van der Waals surface area contributed by atoms with Gasteiger partial charge < -0.3 is 0 Å². The van der Waals surface area contributed by atoms with Gasteiger partial charge in [0.15, 0.2) is 5.13 Å². The lowest BCUT2D eigenvalue weighted by molar-refractivity contribution is -0.385. The first kappa shape index (κ1) is 19.5. The van der Waals surface area contributed by atoms with Gasteiger partial charge in [-0.2, -0.15) is 13.2 Å². The first-order valence-electron chi connectivity index (χ1n) is 7.85. The Labute approximate surface area is 160 Å². The predicted octanol–water partition coefficient (Wildman–Crippen LogP) is 5.30. The molecule has 1 heterocycles. The summed E-state index contributed by atoms with van der Waals surface area (Å²) in [4.78, 5) is 27.1. The van der Waals surface area contributed by atoms with Gasteiger partial charge in [-0.25, -0.2) is 4.98 Å². The van der Waals surface area contributed by atoms with Gasteiger partial charge in [-0.05, 0) is 25.1 Å². The van der Waals surface area contributed by atoms with E-state index in [1.807, 2.05) is 0 Å². The Morgan fingerprint density at radius 2 is 1.93 bits per heavy atom. The number of rotatable bonds is 4. The molecule has 0 atom stereocenters. The Bertz CT molecular complexity index is 1060. The van der Waals surface area contributed by atoms with Crippen LogP contribution in [0.25, 0.3) is 11.3 Å². The highest BCUT2D eigenvalue weighted by Gasteiger charge is 2.30. The Kier molecular flexibility index (Phi) is 5.14. The lowest BCUT2D eigenvalue weighted by Crippen LogP contribution is -2.14. The lowest BCUT2D eigenvalue weighted by atomic mass is 10.1. The molecule has 0 spiro atoms. The molecule has 0 aliphatic rings. The van der Waals surface area contributed by atoms with E-state index in [-0.39, 0.29) is 27.6 Å². The summed E-state index contributed by atoms with van der Waals surface area (Å²) in [6.45, 7) is 1.52. The first-order chi connectivity index (χ1) is 13.2. The normalized spacial score (nSPS) is 11.3. The van der Waals surface area contributed by atoms with Crippen molar-refractivity contribution in [2.24, 2.45) is 0 Å². The number of halogens is 3. The van der Waals surface area contributed by atoms with E-state index in [4.69, 9.17) is 0 Å². The maximum Gasteiger partial charge on any atom is 0.416 e. The lowest BCUT2D eigenvalue weighted by Gasteiger charge is -2.07. The van der Waals surface area contributed by atoms with Crippen molar-refractivity contribution in [2.45, 2.75) is 13.1 Å². The van der Waals surface area contributed by atoms with E-state index >= 15 is 0 Å². The van der Waals surface area contributed by atoms with Crippen LogP contribution in [0.1, 0.15) is 21.5 Å². The second-order valence-electron chi connectivity index (χ2n) is 5.80. The predicted molar refractivity (Wildman–Crippen MR) is 98.3 cm³/mol. The van der Waals surface area contributed by atoms with E-state index in [1.165, 1.54) is 42.6 Å². The highest BCUT2D eigenvalue weighted by atomic mass is 32.1. The Balaban J connectivity index is 1.86. The Morgan fingerprint density at radius 3 is 2.61 bits per heavy atom. The van der Waals surface area contributed by atoms with Crippen molar-refractivity contribution in [3.63, 3.8) is 0 Å². The van der Waals surface area contributed by atoms with E-state index in [1.54, 1.807) is 0 Å². The number of carbonyl (C=O) groups is 1. The number of anilines is 1. The minimum Gasteiger partial charge on any atom is -0.298 e. The summed E-state index contributed by atoms with van der Waals surface area (Å²) >= 11 is 1.01. The highest BCUT2D eigenvalue weighted by Crippen LogP contribution is 2.33. The van der Waals surface area contributed by atoms with Crippen molar-refractivity contribution in [1.29, 1.82) is 0 Å². The van der Waals surface area contributed by atoms with Gasteiger partial charge in [-0.1, -0.05) is 24.3 Å². The van der Waals surface area contributed by atoms with Gasteiger partial charge >= 0.3 is 6.18 Å². The number of nitro groups is 1. The topological polar surface area (TPSA) is 85.1 Å². The van der Waals surface area contributed by atoms with Gasteiger partial charge in [-0.3, -0.25) is 20.2 Å². The molecule has 0 bridgehead atoms. The summed E-state index contributed by atoms with van der Waals surface area (Å²) in [5.74, 6) is -0.722. The molecule has 2 aromatic carbocycles. The minimum absolute atomic E-state index is 0.119. The van der Waals surface area contributed by atoms with Crippen LogP contribution in [0.4, 0.5) is 24.0 Å². The third-order valence-corrected chi connectivity index (χ3v) is 4.63. The molecule has 0 aliphatic carbocycles. The van der Waals surface area contributed by atoms with Gasteiger partial charge in [0.25, 0.3) is 11.6 Å². The molecule has 6 nitrogen and oxygen atoms in total. The van der Waals surface area contributed by atoms with E-state index in [0.717, 1.165) is 23.5 Å². The molecule has 0 fully saturated rings. The van der Waals surface area contributed by atoms with Crippen LogP contribution in [-0.2, 0) is 6.18 Å². The maximum absolute atomic E-state index is 12.9. The van der Waals surface area contributed by atoms with Crippen molar-refractivity contribution >= 4 is 28.1 Å². The fourth-order valence-electron chi connectivity index (χ4n) is 2.57. The van der Waals surface area contributed by atoms with Crippen LogP contribution in [0.3, 0.4) is 0 Å². The SMILES string of the molecule is Cc1cccc(C(=O)Nc2nc(-c3cccc(C(F)(F)F)c3)cs2)c1[N+](=O)[O-]. The number of amides is 1. The van der Waals surface area contributed by atoms with E-state index in [2.05, 4.69) is 10.3 Å². The number of aryl methyl sites for hydroxylation is 1. The van der Waals surface area contributed by atoms with Crippen LogP contribution in [0.15, 0.2) is 47.8 Å². The quantitative estimate of drug-likeness (QED) is 0.470. The summed E-state index contributed by atoms with van der Waals surface area (Å²) in [6, 6.07) is 9.02. The summed E-state index contributed by atoms with van der Waals surface area (Å²) in [5.41, 5.74) is -0.408. The van der Waals surface area contributed by atoms with Gasteiger partial charge in [-0.15, -0.1) is 11.3 Å². The number of nitrogens with one attached hydrogen (secondary N) is 1. The molecule has 1 N–H and O–H groups in total. The average Bonchev–Trinajstić information content (AvgIpc) is 3.09. The zero-order valence-corrected chi connectivity index (χ0v) is 15.1. The van der Waals surface area contributed by atoms with Gasteiger partial charge in [0.1, 0.15) is 5.56 Å². The molecule has 0 saturated heterocycles. The molecule has 0 saturated carbocycles. The molecule has 144 valence electrons. The number of nitrogens with zero attached hydrogens (tertiary/aromatic N) is 2. The third-order valence-electron chi connectivity index (χ3n) is 3.88. The van der Waals surface area contributed by atoms with Crippen LogP contribution < -0.4 is 5.32 Å². The molecule has 1 amide bonds. The number of aromatic nitrogens is 1. The number of nitro benzene ring substituents is 1. The summed E-state index contributed by atoms with van der Waals surface area (Å²) < 4.78 is 38.6. The molecule has 10 heteroatoms. The highest BCUT2D eigenvalue weighted by molar-refractivity contribution is 7.14. The number of carbonyl (C=O) groups excluding carboxylic acids is 1. The van der Waals surface area contributed by atoms with Crippen molar-refractivity contribution < 1.29 is 22.9 Å². The number of hydrogen-bond donors (Lipinski definition) is 1. The molecular weight excluding hydrogens is 395 g/mol. The maximum atomic E-state index is 12.9. The number of alkyl halides is 3. The fraction of sp³-hybridized carbons (Fsp3) is 0.111. The van der Waals surface area contributed by atoms with Crippen molar-refractivity contribution in [3.05, 3.63) is 74.6 Å². The largest absolute Gasteiger partial charge is 0.416 e. The fourth-order valence-corrected chi connectivity index (χ4v) is 3.28. The first-order valence-corrected chi connectivity index (χ1v) is 8.73. The summed E-state index contributed by atoms with van der Waals surface area (Å²) in [6.07, 6.45) is -4.48. The summed E-state index contributed by atoms with van der Waals surface area (Å²) in [5, 5.41) is 15.3. The Morgan fingerprint density at radius 1 is 1.21 bits per heavy atom. The molecule has 1 aromatic heterocycles. The number of para-hydroxylation sites is 1.